The first kappa shape index (κ1) is 34.6. The van der Waals surface area contributed by atoms with Crippen molar-refractivity contribution in [2.45, 2.75) is 84.0 Å². The number of carbonyl (C=O) groups excluding carboxylic acids is 3. The number of methoxy groups -OCH3 is 1. The van der Waals surface area contributed by atoms with Gasteiger partial charge in [-0.15, -0.1) is 0 Å². The third kappa shape index (κ3) is 7.23. The average Bonchev–Trinajstić information content (AvgIpc) is 3.26. The van der Waals surface area contributed by atoms with Crippen LogP contribution in [0, 0.1) is 40.9 Å². The lowest BCUT2D eigenvalue weighted by Crippen LogP contribution is -2.61. The standard InChI is InChI=1S/C28H40F5N3O5/c1-9-15(4)24(16(40-8)13-17(37)41-25-21(32)19(30)18(29)20(31)22(25)33)36(7)23(14(2)3)26(38)34-27(39)28(5)11-10-12-35(28)6/h14-16,23-24H,9-13H2,1-8H3,(H,34,38,39)/t15-,16+,23-,24-,28-/m0/s1. The van der Waals surface area contributed by atoms with Gasteiger partial charge in [-0.05, 0) is 52.2 Å². The largest absolute Gasteiger partial charge is 0.420 e. The number of benzene rings is 1. The fourth-order valence-electron chi connectivity index (χ4n) is 5.46. The number of likely N-dealkylation sites (N-methyl/N-ethyl adjacent to an activating group) is 2. The van der Waals surface area contributed by atoms with E-state index >= 15 is 0 Å². The molecular weight excluding hydrogens is 553 g/mol. The van der Waals surface area contributed by atoms with Crippen LogP contribution in [-0.2, 0) is 19.1 Å². The number of nitrogens with one attached hydrogen (secondary N) is 1. The fourth-order valence-corrected chi connectivity index (χ4v) is 5.46. The van der Waals surface area contributed by atoms with Gasteiger partial charge >= 0.3 is 5.97 Å². The van der Waals surface area contributed by atoms with E-state index in [0.29, 0.717) is 12.8 Å². The van der Waals surface area contributed by atoms with Crippen molar-refractivity contribution in [3.05, 3.63) is 29.1 Å². The summed E-state index contributed by atoms with van der Waals surface area (Å²) in [6.45, 7) is 9.80. The van der Waals surface area contributed by atoms with Crippen LogP contribution in [0.4, 0.5) is 22.0 Å². The molecule has 1 saturated heterocycles. The molecule has 1 aromatic rings. The summed E-state index contributed by atoms with van der Waals surface area (Å²) < 4.78 is 78.9. The Balaban J connectivity index is 2.32. The predicted octanol–water partition coefficient (Wildman–Crippen LogP) is 4.19. The predicted molar refractivity (Wildman–Crippen MR) is 140 cm³/mol. The Bertz CT molecular complexity index is 1110. The summed E-state index contributed by atoms with van der Waals surface area (Å²) in [5.74, 6) is -15.9. The summed E-state index contributed by atoms with van der Waals surface area (Å²) in [7, 11) is 4.73. The zero-order valence-electron chi connectivity index (χ0n) is 24.7. The van der Waals surface area contributed by atoms with Crippen molar-refractivity contribution in [2.75, 3.05) is 27.7 Å². The van der Waals surface area contributed by atoms with Gasteiger partial charge in [0, 0.05) is 13.2 Å². The van der Waals surface area contributed by atoms with Crippen molar-refractivity contribution in [1.29, 1.82) is 0 Å². The summed E-state index contributed by atoms with van der Waals surface area (Å²) in [5.41, 5.74) is -0.839. The highest BCUT2D eigenvalue weighted by atomic mass is 19.2. The lowest BCUT2D eigenvalue weighted by atomic mass is 9.88. The Labute approximate surface area is 237 Å². The van der Waals surface area contributed by atoms with Gasteiger partial charge in [0.05, 0.1) is 24.1 Å². The molecule has 0 radical (unpaired) electrons. The van der Waals surface area contributed by atoms with Gasteiger partial charge < -0.3 is 9.47 Å². The van der Waals surface area contributed by atoms with Crippen LogP contribution in [-0.4, -0.2) is 79.1 Å². The summed E-state index contributed by atoms with van der Waals surface area (Å²) in [6.07, 6.45) is 0.317. The van der Waals surface area contributed by atoms with Crippen LogP contribution in [0.2, 0.25) is 0 Å². The van der Waals surface area contributed by atoms with Crippen LogP contribution in [0.3, 0.4) is 0 Å². The van der Waals surface area contributed by atoms with E-state index < -0.39 is 82.8 Å². The number of carbonyl (C=O) groups is 3. The number of halogens is 5. The number of ether oxygens (including phenoxy) is 2. The van der Waals surface area contributed by atoms with Gasteiger partial charge in [0.1, 0.15) is 0 Å². The zero-order chi connectivity index (χ0) is 31.4. The molecule has 1 aliphatic heterocycles. The quantitative estimate of drug-likeness (QED) is 0.128. The van der Waals surface area contributed by atoms with E-state index in [0.717, 1.165) is 13.0 Å². The molecule has 0 aromatic heterocycles. The van der Waals surface area contributed by atoms with E-state index in [9.17, 15) is 36.3 Å². The van der Waals surface area contributed by atoms with E-state index in [2.05, 4.69) is 10.1 Å². The summed E-state index contributed by atoms with van der Waals surface area (Å²) >= 11 is 0. The van der Waals surface area contributed by atoms with Gasteiger partial charge in [0.2, 0.25) is 46.6 Å². The van der Waals surface area contributed by atoms with Crippen LogP contribution in [0.15, 0.2) is 0 Å². The Morgan fingerprint density at radius 1 is 1.02 bits per heavy atom. The molecular formula is C28H40F5N3O5. The molecule has 1 aliphatic rings. The molecule has 0 aliphatic carbocycles. The normalized spacial score (nSPS) is 20.7. The minimum absolute atomic E-state index is 0.213. The van der Waals surface area contributed by atoms with E-state index in [4.69, 9.17) is 4.74 Å². The summed E-state index contributed by atoms with van der Waals surface area (Å²) in [5, 5.41) is 2.55. The molecule has 5 atom stereocenters. The van der Waals surface area contributed by atoms with E-state index in [1.54, 1.807) is 32.7 Å². The van der Waals surface area contributed by atoms with Gasteiger partial charge in [-0.2, -0.15) is 8.78 Å². The highest BCUT2D eigenvalue weighted by molar-refractivity contribution is 6.02. The zero-order valence-corrected chi connectivity index (χ0v) is 24.7. The number of hydrogen-bond donors (Lipinski definition) is 1. The molecule has 2 amide bonds. The Kier molecular flexibility index (Phi) is 11.8. The van der Waals surface area contributed by atoms with Crippen molar-refractivity contribution in [2.24, 2.45) is 11.8 Å². The molecule has 0 spiro atoms. The molecule has 1 fully saturated rings. The number of imide groups is 1. The van der Waals surface area contributed by atoms with Crippen molar-refractivity contribution in [1.82, 2.24) is 15.1 Å². The molecule has 2 rings (SSSR count). The lowest BCUT2D eigenvalue weighted by molar-refractivity contribution is -0.142. The van der Waals surface area contributed by atoms with E-state index in [1.807, 2.05) is 25.8 Å². The van der Waals surface area contributed by atoms with Crippen LogP contribution in [0.25, 0.3) is 0 Å². The maximum absolute atomic E-state index is 14.1. The molecule has 0 saturated carbocycles. The lowest BCUT2D eigenvalue weighted by Gasteiger charge is -2.42. The molecule has 0 bridgehead atoms. The second-order valence-electron chi connectivity index (χ2n) is 11.2. The SMILES string of the molecule is CC[C@H](C)[C@@H]([C@@H](CC(=O)Oc1c(F)c(F)c(F)c(F)c1F)OC)N(C)[C@H](C(=O)NC(=O)[C@]1(C)CCCN1C)C(C)C. The minimum atomic E-state index is -2.38. The smallest absolute Gasteiger partial charge is 0.314 e. The van der Waals surface area contributed by atoms with Gasteiger partial charge in [0.15, 0.2) is 0 Å². The van der Waals surface area contributed by atoms with Gasteiger partial charge in [-0.1, -0.05) is 34.1 Å². The highest BCUT2D eigenvalue weighted by Gasteiger charge is 2.44. The van der Waals surface area contributed by atoms with Gasteiger partial charge in [-0.3, -0.25) is 29.5 Å². The average molecular weight is 594 g/mol. The molecule has 1 N–H and O–H groups in total. The van der Waals surface area contributed by atoms with Gasteiger partial charge in [-0.25, -0.2) is 13.2 Å². The first-order valence-electron chi connectivity index (χ1n) is 13.6. The van der Waals surface area contributed by atoms with Crippen LogP contribution >= 0.6 is 0 Å². The van der Waals surface area contributed by atoms with Crippen molar-refractivity contribution >= 4 is 17.8 Å². The van der Waals surface area contributed by atoms with Gasteiger partial charge in [0.25, 0.3) is 0 Å². The number of rotatable bonds is 12. The Morgan fingerprint density at radius 2 is 1.56 bits per heavy atom. The van der Waals surface area contributed by atoms with Crippen LogP contribution in [0.5, 0.6) is 5.75 Å². The molecule has 41 heavy (non-hydrogen) atoms. The Morgan fingerprint density at radius 3 is 2.00 bits per heavy atom. The Hall–Kier alpha value is -2.64. The number of esters is 1. The molecule has 1 aromatic carbocycles. The number of likely N-dealkylation sites (tertiary alicyclic amines) is 1. The van der Waals surface area contributed by atoms with Crippen LogP contribution < -0.4 is 10.1 Å². The minimum Gasteiger partial charge on any atom is -0.420 e. The fraction of sp³-hybridized carbons (Fsp3) is 0.679. The third-order valence-corrected chi connectivity index (χ3v) is 8.20. The van der Waals surface area contributed by atoms with Crippen molar-refractivity contribution in [3.8, 4) is 5.75 Å². The van der Waals surface area contributed by atoms with Crippen LogP contribution in [0.1, 0.15) is 60.3 Å². The highest BCUT2D eigenvalue weighted by Crippen LogP contribution is 2.31. The van der Waals surface area contributed by atoms with Crippen molar-refractivity contribution in [3.63, 3.8) is 0 Å². The maximum Gasteiger partial charge on any atom is 0.314 e. The number of amides is 2. The maximum atomic E-state index is 14.1. The molecule has 13 heteroatoms. The topological polar surface area (TPSA) is 88.2 Å². The summed E-state index contributed by atoms with van der Waals surface area (Å²) in [6, 6.07) is -1.51. The summed E-state index contributed by atoms with van der Waals surface area (Å²) in [4.78, 5) is 42.9. The second-order valence-corrected chi connectivity index (χ2v) is 11.2. The number of nitrogens with zero attached hydrogens (tertiary/aromatic N) is 2. The first-order valence-corrected chi connectivity index (χ1v) is 13.6. The second kappa shape index (κ2) is 14.0. The monoisotopic (exact) mass is 593 g/mol. The molecule has 8 nitrogen and oxygen atoms in total. The molecule has 1 heterocycles. The molecule has 232 valence electrons. The van der Waals surface area contributed by atoms with E-state index in [1.165, 1.54) is 7.11 Å². The first-order chi connectivity index (χ1) is 19.0. The van der Waals surface area contributed by atoms with Crippen molar-refractivity contribution < 1.29 is 45.8 Å². The third-order valence-electron chi connectivity index (χ3n) is 8.20. The number of hydrogen-bond acceptors (Lipinski definition) is 7. The van der Waals surface area contributed by atoms with E-state index in [-0.39, 0.29) is 11.8 Å². The molecule has 0 unspecified atom stereocenters.